The number of hydrogen-bond donors (Lipinski definition) is 2. The van der Waals surface area contributed by atoms with Gasteiger partial charge in [-0.15, -0.1) is 0 Å². The lowest BCUT2D eigenvalue weighted by Gasteiger charge is -2.23. The van der Waals surface area contributed by atoms with Crippen LogP contribution in [0.1, 0.15) is 52.4 Å². The van der Waals surface area contributed by atoms with Gasteiger partial charge in [-0.05, 0) is 25.2 Å². The molecule has 0 saturated heterocycles. The monoisotopic (exact) mass is 255 g/mol. The number of hydrogen-bond acceptors (Lipinski definition) is 2. The lowest BCUT2D eigenvalue weighted by molar-refractivity contribution is 0.130. The van der Waals surface area contributed by atoms with E-state index in [0.29, 0.717) is 31.1 Å². The van der Waals surface area contributed by atoms with Crippen LogP contribution in [0.2, 0.25) is 0 Å². The first-order chi connectivity index (χ1) is 8.68. The summed E-state index contributed by atoms with van der Waals surface area (Å²) >= 11 is 0. The molecule has 0 aromatic rings. The Balaban J connectivity index is 2.02. The first kappa shape index (κ1) is 15.3. The number of ether oxygens (including phenoxy) is 1. The van der Waals surface area contributed by atoms with Gasteiger partial charge in [-0.3, -0.25) is 4.99 Å². The van der Waals surface area contributed by atoms with E-state index in [2.05, 4.69) is 24.2 Å². The van der Waals surface area contributed by atoms with E-state index in [9.17, 15) is 0 Å². The maximum atomic E-state index is 5.85. The predicted octanol–water partition coefficient (Wildman–Crippen LogP) is 2.29. The third kappa shape index (κ3) is 7.54. The largest absolute Gasteiger partial charge is 0.380 e. The van der Waals surface area contributed by atoms with Gasteiger partial charge in [0.25, 0.3) is 0 Å². The summed E-state index contributed by atoms with van der Waals surface area (Å²) in [5.74, 6) is 1.28. The number of nitrogens with one attached hydrogen (secondary N) is 1. The topological polar surface area (TPSA) is 59.6 Å². The molecule has 0 aromatic heterocycles. The average Bonchev–Trinajstić information content (AvgIpc) is 2.34. The van der Waals surface area contributed by atoms with E-state index < -0.39 is 0 Å². The van der Waals surface area contributed by atoms with E-state index in [0.717, 1.165) is 13.0 Å². The minimum atomic E-state index is 0.532. The van der Waals surface area contributed by atoms with E-state index in [-0.39, 0.29) is 0 Å². The van der Waals surface area contributed by atoms with Gasteiger partial charge in [0.15, 0.2) is 5.96 Å². The van der Waals surface area contributed by atoms with Crippen LogP contribution in [0.25, 0.3) is 0 Å². The molecule has 0 atom stereocenters. The van der Waals surface area contributed by atoms with Crippen molar-refractivity contribution in [3.8, 4) is 0 Å². The van der Waals surface area contributed by atoms with Crippen molar-refractivity contribution in [3.63, 3.8) is 0 Å². The Labute approximate surface area is 111 Å². The standard InChI is InChI=1S/C14H29N3O/c1-12(2)8-10-18-11-9-16-14(15)17-13-6-4-3-5-7-13/h12-13H,3-11H2,1-2H3,(H3,15,16,17). The van der Waals surface area contributed by atoms with Crippen molar-refractivity contribution in [1.29, 1.82) is 0 Å². The van der Waals surface area contributed by atoms with Crippen LogP contribution in [0.4, 0.5) is 0 Å². The van der Waals surface area contributed by atoms with Crippen molar-refractivity contribution < 1.29 is 4.74 Å². The van der Waals surface area contributed by atoms with Crippen LogP contribution in [-0.2, 0) is 4.74 Å². The van der Waals surface area contributed by atoms with Gasteiger partial charge in [0.05, 0.1) is 13.2 Å². The maximum absolute atomic E-state index is 5.85. The quantitative estimate of drug-likeness (QED) is 0.417. The number of nitrogens with two attached hydrogens (primary N) is 1. The molecule has 18 heavy (non-hydrogen) atoms. The third-order valence-electron chi connectivity index (χ3n) is 3.31. The van der Waals surface area contributed by atoms with Crippen LogP contribution in [0.15, 0.2) is 4.99 Å². The smallest absolute Gasteiger partial charge is 0.188 e. The molecule has 0 amide bonds. The molecule has 0 aliphatic heterocycles. The Bertz CT molecular complexity index is 235. The van der Waals surface area contributed by atoms with Crippen LogP contribution in [0.3, 0.4) is 0 Å². The van der Waals surface area contributed by atoms with Crippen molar-refractivity contribution in [2.45, 2.75) is 58.4 Å². The molecule has 0 bridgehead atoms. The van der Waals surface area contributed by atoms with Crippen molar-refractivity contribution in [3.05, 3.63) is 0 Å². The predicted molar refractivity (Wildman–Crippen MR) is 76.8 cm³/mol. The van der Waals surface area contributed by atoms with Crippen LogP contribution in [0, 0.1) is 5.92 Å². The SMILES string of the molecule is CC(C)CCOCCN=C(N)NC1CCCCC1. The Morgan fingerprint density at radius 3 is 2.67 bits per heavy atom. The number of aliphatic imine (C=N–C) groups is 1. The second kappa shape index (κ2) is 9.20. The highest BCUT2D eigenvalue weighted by atomic mass is 16.5. The number of guanidine groups is 1. The molecule has 0 spiro atoms. The molecule has 4 heteroatoms. The maximum Gasteiger partial charge on any atom is 0.188 e. The Hall–Kier alpha value is -0.770. The highest BCUT2D eigenvalue weighted by Gasteiger charge is 2.12. The van der Waals surface area contributed by atoms with Crippen molar-refractivity contribution in [2.24, 2.45) is 16.6 Å². The summed E-state index contributed by atoms with van der Waals surface area (Å²) in [6, 6.07) is 0.532. The molecule has 1 rings (SSSR count). The highest BCUT2D eigenvalue weighted by Crippen LogP contribution is 2.16. The number of rotatable bonds is 7. The van der Waals surface area contributed by atoms with E-state index in [1.807, 2.05) is 0 Å². The molecule has 1 saturated carbocycles. The molecule has 0 unspecified atom stereocenters. The van der Waals surface area contributed by atoms with Crippen LogP contribution < -0.4 is 11.1 Å². The second-order valence-electron chi connectivity index (χ2n) is 5.54. The normalized spacial score (nSPS) is 18.3. The van der Waals surface area contributed by atoms with Gasteiger partial charge >= 0.3 is 0 Å². The highest BCUT2D eigenvalue weighted by molar-refractivity contribution is 5.78. The molecule has 106 valence electrons. The zero-order chi connectivity index (χ0) is 13.2. The van der Waals surface area contributed by atoms with Crippen molar-refractivity contribution >= 4 is 5.96 Å². The van der Waals surface area contributed by atoms with E-state index >= 15 is 0 Å². The third-order valence-corrected chi connectivity index (χ3v) is 3.31. The van der Waals surface area contributed by atoms with Crippen LogP contribution >= 0.6 is 0 Å². The van der Waals surface area contributed by atoms with Crippen molar-refractivity contribution in [2.75, 3.05) is 19.8 Å². The fraction of sp³-hybridized carbons (Fsp3) is 0.929. The summed E-state index contributed by atoms with van der Waals surface area (Å²) in [7, 11) is 0. The molecule has 0 heterocycles. The Morgan fingerprint density at radius 2 is 2.00 bits per heavy atom. The molecule has 3 N–H and O–H groups in total. The minimum Gasteiger partial charge on any atom is -0.380 e. The number of nitrogens with zero attached hydrogens (tertiary/aromatic N) is 1. The van der Waals surface area contributed by atoms with Gasteiger partial charge in [-0.1, -0.05) is 33.1 Å². The first-order valence-corrected chi connectivity index (χ1v) is 7.32. The summed E-state index contributed by atoms with van der Waals surface area (Å²) in [6.07, 6.45) is 7.53. The van der Waals surface area contributed by atoms with Gasteiger partial charge in [-0.2, -0.15) is 0 Å². The van der Waals surface area contributed by atoms with Gasteiger partial charge in [0.2, 0.25) is 0 Å². The molecular formula is C14H29N3O. The minimum absolute atomic E-state index is 0.532. The summed E-state index contributed by atoms with van der Waals surface area (Å²) < 4.78 is 5.49. The first-order valence-electron chi connectivity index (χ1n) is 7.32. The zero-order valence-electron chi connectivity index (χ0n) is 12.0. The molecular weight excluding hydrogens is 226 g/mol. The lowest BCUT2D eigenvalue weighted by Crippen LogP contribution is -2.41. The van der Waals surface area contributed by atoms with Gasteiger partial charge < -0.3 is 15.8 Å². The molecule has 1 aliphatic carbocycles. The summed E-state index contributed by atoms with van der Waals surface area (Å²) in [5.41, 5.74) is 5.85. The Morgan fingerprint density at radius 1 is 1.28 bits per heavy atom. The molecule has 0 radical (unpaired) electrons. The molecule has 1 aliphatic rings. The van der Waals surface area contributed by atoms with Crippen LogP contribution in [-0.4, -0.2) is 31.8 Å². The molecule has 1 fully saturated rings. The van der Waals surface area contributed by atoms with E-state index in [1.54, 1.807) is 0 Å². The van der Waals surface area contributed by atoms with Crippen LogP contribution in [0.5, 0.6) is 0 Å². The Kier molecular flexibility index (Phi) is 7.81. The fourth-order valence-electron chi connectivity index (χ4n) is 2.15. The summed E-state index contributed by atoms with van der Waals surface area (Å²) in [6.45, 7) is 6.55. The summed E-state index contributed by atoms with van der Waals surface area (Å²) in [5, 5.41) is 3.30. The van der Waals surface area contributed by atoms with Gasteiger partial charge in [0.1, 0.15) is 0 Å². The average molecular weight is 255 g/mol. The molecule has 4 nitrogen and oxygen atoms in total. The van der Waals surface area contributed by atoms with E-state index in [1.165, 1.54) is 32.1 Å². The zero-order valence-corrected chi connectivity index (χ0v) is 12.0. The van der Waals surface area contributed by atoms with Gasteiger partial charge in [0, 0.05) is 12.6 Å². The van der Waals surface area contributed by atoms with Crippen molar-refractivity contribution in [1.82, 2.24) is 5.32 Å². The second-order valence-corrected chi connectivity index (χ2v) is 5.54. The van der Waals surface area contributed by atoms with Gasteiger partial charge in [-0.25, -0.2) is 0 Å². The lowest BCUT2D eigenvalue weighted by atomic mass is 9.96. The fourth-order valence-corrected chi connectivity index (χ4v) is 2.15. The summed E-state index contributed by atoms with van der Waals surface area (Å²) in [4.78, 5) is 4.29. The molecule has 0 aromatic carbocycles. The van der Waals surface area contributed by atoms with E-state index in [4.69, 9.17) is 10.5 Å².